The van der Waals surface area contributed by atoms with Crippen molar-refractivity contribution in [3.8, 4) is 10.6 Å². The fourth-order valence-corrected chi connectivity index (χ4v) is 4.01. The number of pyridine rings is 1. The van der Waals surface area contributed by atoms with E-state index >= 15 is 0 Å². The lowest BCUT2D eigenvalue weighted by Gasteiger charge is -2.34. The average Bonchev–Trinajstić information content (AvgIpc) is 3.40. The molecule has 1 aliphatic rings. The highest BCUT2D eigenvalue weighted by atomic mass is 32.1. The topological polar surface area (TPSA) is 112 Å². The molecule has 0 atom stereocenters. The number of aromatic amines is 1. The first-order chi connectivity index (χ1) is 14.5. The molecule has 30 heavy (non-hydrogen) atoms. The molecular formula is C20H21N5O4S. The first kappa shape index (κ1) is 20.0. The molecule has 4 rings (SSSR count). The van der Waals surface area contributed by atoms with Crippen molar-refractivity contribution in [1.29, 1.82) is 0 Å². The van der Waals surface area contributed by atoms with Gasteiger partial charge in [0, 0.05) is 32.2 Å². The van der Waals surface area contributed by atoms with Gasteiger partial charge in [0.1, 0.15) is 11.3 Å². The van der Waals surface area contributed by atoms with Gasteiger partial charge in [-0.3, -0.25) is 19.3 Å². The van der Waals surface area contributed by atoms with Crippen LogP contribution in [-0.2, 0) is 4.79 Å². The number of amides is 2. The second-order valence-electron chi connectivity index (χ2n) is 7.03. The van der Waals surface area contributed by atoms with Crippen LogP contribution in [0.1, 0.15) is 16.1 Å². The number of hydrogen-bond acceptors (Lipinski definition) is 7. The largest absolute Gasteiger partial charge is 0.360 e. The van der Waals surface area contributed by atoms with E-state index in [0.717, 1.165) is 4.88 Å². The minimum atomic E-state index is -0.393. The van der Waals surface area contributed by atoms with Gasteiger partial charge in [-0.05, 0) is 30.5 Å². The summed E-state index contributed by atoms with van der Waals surface area (Å²) < 4.78 is 4.93. The third-order valence-corrected chi connectivity index (χ3v) is 5.75. The molecule has 2 amide bonds. The maximum atomic E-state index is 12.8. The highest BCUT2D eigenvalue weighted by Gasteiger charge is 2.25. The molecule has 4 heterocycles. The number of carbonyl (C=O) groups is 2. The van der Waals surface area contributed by atoms with E-state index < -0.39 is 5.56 Å². The van der Waals surface area contributed by atoms with Gasteiger partial charge >= 0.3 is 0 Å². The summed E-state index contributed by atoms with van der Waals surface area (Å²) >= 11 is 1.52. The molecular weight excluding hydrogens is 406 g/mol. The molecule has 0 radical (unpaired) electrons. The quantitative estimate of drug-likeness (QED) is 0.642. The Hall–Kier alpha value is -3.24. The number of piperazine rings is 1. The van der Waals surface area contributed by atoms with Crippen LogP contribution in [0.3, 0.4) is 0 Å². The van der Waals surface area contributed by atoms with E-state index in [9.17, 15) is 14.4 Å². The maximum Gasteiger partial charge on any atom is 0.261 e. The van der Waals surface area contributed by atoms with Crippen molar-refractivity contribution < 1.29 is 14.1 Å². The molecule has 0 aliphatic carbocycles. The Bertz CT molecular complexity index is 1100. The van der Waals surface area contributed by atoms with Crippen LogP contribution in [0.25, 0.3) is 10.6 Å². The van der Waals surface area contributed by atoms with Crippen LogP contribution in [0.2, 0.25) is 0 Å². The number of hydrogen-bond donors (Lipinski definition) is 2. The first-order valence-corrected chi connectivity index (χ1v) is 10.4. The highest BCUT2D eigenvalue weighted by molar-refractivity contribution is 7.13. The molecule has 156 valence electrons. The molecule has 2 N–H and O–H groups in total. The van der Waals surface area contributed by atoms with Gasteiger partial charge in [-0.25, -0.2) is 0 Å². The molecule has 9 nitrogen and oxygen atoms in total. The van der Waals surface area contributed by atoms with Crippen molar-refractivity contribution in [2.75, 3.05) is 38.0 Å². The Labute approximate surface area is 176 Å². The Kier molecular flexibility index (Phi) is 5.77. The number of anilines is 1. The molecule has 1 saturated heterocycles. The van der Waals surface area contributed by atoms with E-state index in [1.54, 1.807) is 30.0 Å². The van der Waals surface area contributed by atoms with Crippen LogP contribution in [0.15, 0.2) is 45.0 Å². The summed E-state index contributed by atoms with van der Waals surface area (Å²) in [6, 6.07) is 8.80. The van der Waals surface area contributed by atoms with Gasteiger partial charge in [0.25, 0.3) is 11.5 Å². The Morgan fingerprint density at radius 1 is 1.23 bits per heavy atom. The zero-order valence-corrected chi connectivity index (χ0v) is 17.2. The molecule has 0 saturated carbocycles. The highest BCUT2D eigenvalue weighted by Crippen LogP contribution is 2.21. The normalized spacial score (nSPS) is 14.6. The number of H-pyrrole nitrogens is 1. The molecule has 3 aromatic heterocycles. The van der Waals surface area contributed by atoms with Gasteiger partial charge in [0.2, 0.25) is 5.91 Å². The molecule has 0 unspecified atom stereocenters. The second-order valence-corrected chi connectivity index (χ2v) is 7.98. The minimum absolute atomic E-state index is 0.128. The van der Waals surface area contributed by atoms with Gasteiger partial charge in [-0.15, -0.1) is 11.3 Å². The number of aryl methyl sites for hydroxylation is 1. The van der Waals surface area contributed by atoms with Gasteiger partial charge in [-0.2, -0.15) is 0 Å². The van der Waals surface area contributed by atoms with Crippen LogP contribution < -0.4 is 10.9 Å². The smallest absolute Gasteiger partial charge is 0.261 e. The summed E-state index contributed by atoms with van der Waals surface area (Å²) in [5.74, 6) is 0.521. The summed E-state index contributed by atoms with van der Waals surface area (Å²) in [7, 11) is 0. The van der Waals surface area contributed by atoms with Crippen molar-refractivity contribution in [2.45, 2.75) is 6.92 Å². The summed E-state index contributed by atoms with van der Waals surface area (Å²) in [5.41, 5.74) is 0.434. The molecule has 3 aromatic rings. The second kappa shape index (κ2) is 8.64. The molecule has 1 aliphatic heterocycles. The summed E-state index contributed by atoms with van der Waals surface area (Å²) in [5, 5.41) is 8.35. The van der Waals surface area contributed by atoms with Crippen molar-refractivity contribution in [1.82, 2.24) is 19.9 Å². The maximum absolute atomic E-state index is 12.8. The zero-order chi connectivity index (χ0) is 21.1. The molecule has 1 fully saturated rings. The van der Waals surface area contributed by atoms with E-state index in [1.165, 1.54) is 11.3 Å². The number of nitrogens with zero attached hydrogens (tertiary/aromatic N) is 3. The van der Waals surface area contributed by atoms with Gasteiger partial charge in [-0.1, -0.05) is 11.2 Å². The third kappa shape index (κ3) is 4.50. The summed E-state index contributed by atoms with van der Waals surface area (Å²) in [6.45, 7) is 3.93. The average molecular weight is 427 g/mol. The standard InChI is InChI=1S/C20H21N5O4S/c1-13-11-17(23-29-13)22-18(26)12-24-6-8-25(9-7-24)20(28)14-4-5-15(21-19(14)27)16-3-2-10-30-16/h2-5,10-11H,6-9,12H2,1H3,(H,21,27)(H,22,23,26). The van der Waals surface area contributed by atoms with Gasteiger partial charge in [0.15, 0.2) is 5.82 Å². The van der Waals surface area contributed by atoms with E-state index in [-0.39, 0.29) is 23.9 Å². The molecule has 0 bridgehead atoms. The fourth-order valence-electron chi connectivity index (χ4n) is 3.31. The lowest BCUT2D eigenvalue weighted by Crippen LogP contribution is -2.51. The van der Waals surface area contributed by atoms with Crippen molar-refractivity contribution in [2.24, 2.45) is 0 Å². The van der Waals surface area contributed by atoms with Gasteiger partial charge in [0.05, 0.1) is 17.1 Å². The summed E-state index contributed by atoms with van der Waals surface area (Å²) in [6.07, 6.45) is 0. The van der Waals surface area contributed by atoms with E-state index in [4.69, 9.17) is 4.52 Å². The van der Waals surface area contributed by atoms with Crippen LogP contribution in [0.4, 0.5) is 5.82 Å². The molecule has 0 spiro atoms. The predicted molar refractivity (Wildman–Crippen MR) is 113 cm³/mol. The lowest BCUT2D eigenvalue weighted by atomic mass is 10.2. The van der Waals surface area contributed by atoms with Crippen molar-refractivity contribution in [3.63, 3.8) is 0 Å². The van der Waals surface area contributed by atoms with Crippen LogP contribution in [0, 0.1) is 6.92 Å². The van der Waals surface area contributed by atoms with Gasteiger partial charge < -0.3 is 19.7 Å². The molecule has 0 aromatic carbocycles. The van der Waals surface area contributed by atoms with Crippen molar-refractivity contribution in [3.05, 3.63) is 57.4 Å². The minimum Gasteiger partial charge on any atom is -0.360 e. The number of carbonyl (C=O) groups excluding carboxylic acids is 2. The van der Waals surface area contributed by atoms with Crippen LogP contribution in [0.5, 0.6) is 0 Å². The monoisotopic (exact) mass is 427 g/mol. The Balaban J connectivity index is 1.32. The van der Waals surface area contributed by atoms with Crippen molar-refractivity contribution >= 4 is 29.0 Å². The van der Waals surface area contributed by atoms with Crippen LogP contribution >= 0.6 is 11.3 Å². The number of aromatic nitrogens is 2. The van der Waals surface area contributed by atoms with E-state index in [1.807, 2.05) is 22.4 Å². The zero-order valence-electron chi connectivity index (χ0n) is 16.4. The van der Waals surface area contributed by atoms with E-state index in [2.05, 4.69) is 15.5 Å². The Morgan fingerprint density at radius 3 is 2.67 bits per heavy atom. The number of nitrogens with one attached hydrogen (secondary N) is 2. The third-order valence-electron chi connectivity index (χ3n) is 4.85. The SMILES string of the molecule is Cc1cc(NC(=O)CN2CCN(C(=O)c3ccc(-c4cccs4)[nH]c3=O)CC2)no1. The lowest BCUT2D eigenvalue weighted by molar-refractivity contribution is -0.117. The fraction of sp³-hybridized carbons (Fsp3) is 0.300. The van der Waals surface area contributed by atoms with E-state index in [0.29, 0.717) is 43.5 Å². The number of rotatable bonds is 5. The van der Waals surface area contributed by atoms with Crippen LogP contribution in [-0.4, -0.2) is 64.5 Å². The predicted octanol–water partition coefficient (Wildman–Crippen LogP) is 1.80. The first-order valence-electron chi connectivity index (χ1n) is 9.51. The molecule has 10 heteroatoms. The Morgan fingerprint density at radius 2 is 2.03 bits per heavy atom. The number of thiophene rings is 1. The summed E-state index contributed by atoms with van der Waals surface area (Å²) in [4.78, 5) is 44.7.